The summed E-state index contributed by atoms with van der Waals surface area (Å²) in [4.78, 5) is 1.36. The fourth-order valence-corrected chi connectivity index (χ4v) is 2.11. The third kappa shape index (κ3) is 1.82. The molecule has 0 saturated heterocycles. The molecule has 2 N–H and O–H groups in total. The van der Waals surface area contributed by atoms with Crippen LogP contribution < -0.4 is 5.73 Å². The lowest BCUT2D eigenvalue weighted by atomic mass is 10.2. The van der Waals surface area contributed by atoms with Crippen LogP contribution in [0.4, 0.5) is 0 Å². The molecule has 0 aromatic heterocycles. The van der Waals surface area contributed by atoms with Crippen molar-refractivity contribution < 1.29 is 0 Å². The van der Waals surface area contributed by atoms with Crippen LogP contribution in [0.2, 0.25) is 0 Å². The summed E-state index contributed by atoms with van der Waals surface area (Å²) >= 11 is 1.80. The molecule has 1 aliphatic rings. The first-order valence-electron chi connectivity index (χ1n) is 4.23. The summed E-state index contributed by atoms with van der Waals surface area (Å²) in [7, 11) is 0. The van der Waals surface area contributed by atoms with E-state index in [4.69, 9.17) is 5.73 Å². The van der Waals surface area contributed by atoms with E-state index in [1.54, 1.807) is 11.8 Å². The molecule has 2 heteroatoms. The lowest BCUT2D eigenvalue weighted by Gasteiger charge is -2.07. The van der Waals surface area contributed by atoms with Crippen LogP contribution in [-0.4, -0.2) is 4.87 Å². The van der Waals surface area contributed by atoms with Crippen LogP contribution in [0.1, 0.15) is 18.4 Å². The van der Waals surface area contributed by atoms with Gasteiger partial charge in [0.05, 0.1) is 4.87 Å². The second-order valence-electron chi connectivity index (χ2n) is 3.48. The lowest BCUT2D eigenvalue weighted by Crippen LogP contribution is -2.15. The Hall–Kier alpha value is -0.470. The molecule has 0 heterocycles. The summed E-state index contributed by atoms with van der Waals surface area (Å²) in [5, 5.41) is 0. The van der Waals surface area contributed by atoms with Gasteiger partial charge in [-0.3, -0.25) is 0 Å². The first-order chi connectivity index (χ1) is 5.68. The van der Waals surface area contributed by atoms with E-state index >= 15 is 0 Å². The van der Waals surface area contributed by atoms with E-state index in [1.165, 1.54) is 10.5 Å². The van der Waals surface area contributed by atoms with E-state index in [1.807, 2.05) is 0 Å². The van der Waals surface area contributed by atoms with Crippen LogP contribution in [0.25, 0.3) is 0 Å². The van der Waals surface area contributed by atoms with E-state index in [-0.39, 0.29) is 4.87 Å². The summed E-state index contributed by atoms with van der Waals surface area (Å²) in [6.45, 7) is 2.10. The summed E-state index contributed by atoms with van der Waals surface area (Å²) in [6, 6.07) is 8.56. The fourth-order valence-electron chi connectivity index (χ4n) is 1.07. The van der Waals surface area contributed by atoms with Crippen molar-refractivity contribution in [3.63, 3.8) is 0 Å². The smallest absolute Gasteiger partial charge is 0.0668 e. The van der Waals surface area contributed by atoms with E-state index in [0.717, 1.165) is 12.8 Å². The highest BCUT2D eigenvalue weighted by molar-refractivity contribution is 8.01. The second-order valence-corrected chi connectivity index (χ2v) is 4.97. The van der Waals surface area contributed by atoms with Gasteiger partial charge in [-0.1, -0.05) is 17.7 Å². The number of aryl methyl sites for hydroxylation is 1. The Morgan fingerprint density at radius 2 is 1.83 bits per heavy atom. The zero-order valence-corrected chi connectivity index (χ0v) is 8.03. The van der Waals surface area contributed by atoms with Gasteiger partial charge in [0.1, 0.15) is 0 Å². The zero-order valence-electron chi connectivity index (χ0n) is 7.21. The maximum atomic E-state index is 5.98. The Balaban J connectivity index is 2.08. The van der Waals surface area contributed by atoms with Gasteiger partial charge in [0.15, 0.2) is 0 Å². The molecule has 0 aliphatic heterocycles. The van der Waals surface area contributed by atoms with Gasteiger partial charge >= 0.3 is 0 Å². The van der Waals surface area contributed by atoms with E-state index < -0.39 is 0 Å². The normalized spacial score (nSPS) is 19.2. The molecule has 1 saturated carbocycles. The van der Waals surface area contributed by atoms with Crippen molar-refractivity contribution in [3.05, 3.63) is 29.8 Å². The van der Waals surface area contributed by atoms with Gasteiger partial charge in [-0.05, 0) is 31.9 Å². The van der Waals surface area contributed by atoms with Gasteiger partial charge in [-0.15, -0.1) is 11.8 Å². The minimum absolute atomic E-state index is 0.0647. The Bertz CT molecular complexity index is 274. The van der Waals surface area contributed by atoms with E-state index in [2.05, 4.69) is 31.2 Å². The second kappa shape index (κ2) is 2.79. The fraction of sp³-hybridized carbons (Fsp3) is 0.400. The predicted octanol–water partition coefficient (Wildman–Crippen LogP) is 2.54. The van der Waals surface area contributed by atoms with Gasteiger partial charge in [0.2, 0.25) is 0 Å². The Labute approximate surface area is 77.3 Å². The monoisotopic (exact) mass is 179 g/mol. The third-order valence-corrected chi connectivity index (χ3v) is 3.41. The van der Waals surface area contributed by atoms with Crippen molar-refractivity contribution in [3.8, 4) is 0 Å². The molecule has 64 valence electrons. The minimum atomic E-state index is 0.0647. The molecule has 1 aliphatic carbocycles. The molecule has 0 unspecified atom stereocenters. The van der Waals surface area contributed by atoms with Crippen LogP contribution in [0.15, 0.2) is 29.2 Å². The van der Waals surface area contributed by atoms with Gasteiger partial charge in [-0.25, -0.2) is 0 Å². The Morgan fingerprint density at radius 1 is 1.25 bits per heavy atom. The number of benzene rings is 1. The molecular weight excluding hydrogens is 166 g/mol. The number of thioether (sulfide) groups is 1. The molecule has 0 spiro atoms. The first kappa shape index (κ1) is 8.14. The SMILES string of the molecule is Cc1ccc(SC2(N)CC2)cc1. The van der Waals surface area contributed by atoms with Crippen molar-refractivity contribution in [2.45, 2.75) is 29.5 Å². The molecule has 0 amide bonds. The van der Waals surface area contributed by atoms with Crippen LogP contribution in [-0.2, 0) is 0 Å². The standard InChI is InChI=1S/C10H13NS/c1-8-2-4-9(5-3-8)12-10(11)6-7-10/h2-5H,6-7,11H2,1H3. The highest BCUT2D eigenvalue weighted by Gasteiger charge is 2.39. The molecular formula is C10H13NS. The van der Waals surface area contributed by atoms with Crippen LogP contribution >= 0.6 is 11.8 Å². The molecule has 1 nitrogen and oxygen atoms in total. The maximum absolute atomic E-state index is 5.98. The minimum Gasteiger partial charge on any atom is -0.317 e. The highest BCUT2D eigenvalue weighted by Crippen LogP contribution is 2.46. The van der Waals surface area contributed by atoms with E-state index in [9.17, 15) is 0 Å². The van der Waals surface area contributed by atoms with Crippen molar-refractivity contribution in [2.24, 2.45) is 5.73 Å². The molecule has 1 fully saturated rings. The zero-order chi connectivity index (χ0) is 8.60. The first-order valence-corrected chi connectivity index (χ1v) is 5.04. The number of rotatable bonds is 2. The van der Waals surface area contributed by atoms with Crippen molar-refractivity contribution in [2.75, 3.05) is 0 Å². The maximum Gasteiger partial charge on any atom is 0.0668 e. The molecule has 12 heavy (non-hydrogen) atoms. The topological polar surface area (TPSA) is 26.0 Å². The molecule has 0 radical (unpaired) electrons. The van der Waals surface area contributed by atoms with Crippen molar-refractivity contribution >= 4 is 11.8 Å². The largest absolute Gasteiger partial charge is 0.317 e. The predicted molar refractivity (Wildman–Crippen MR) is 53.2 cm³/mol. The molecule has 0 bridgehead atoms. The molecule has 2 rings (SSSR count). The molecule has 1 aromatic carbocycles. The lowest BCUT2D eigenvalue weighted by molar-refractivity contribution is 0.981. The van der Waals surface area contributed by atoms with Crippen molar-refractivity contribution in [1.29, 1.82) is 0 Å². The summed E-state index contributed by atoms with van der Waals surface area (Å²) < 4.78 is 0. The third-order valence-electron chi connectivity index (χ3n) is 2.08. The molecule has 0 atom stereocenters. The highest BCUT2D eigenvalue weighted by atomic mass is 32.2. The van der Waals surface area contributed by atoms with Gasteiger partial charge in [0, 0.05) is 4.90 Å². The summed E-state index contributed by atoms with van der Waals surface area (Å²) in [5.41, 5.74) is 7.29. The Morgan fingerprint density at radius 3 is 2.33 bits per heavy atom. The van der Waals surface area contributed by atoms with Crippen LogP contribution in [0, 0.1) is 6.92 Å². The Kier molecular flexibility index (Phi) is 1.89. The van der Waals surface area contributed by atoms with Gasteiger partial charge in [0.25, 0.3) is 0 Å². The quantitative estimate of drug-likeness (QED) is 0.706. The summed E-state index contributed by atoms with van der Waals surface area (Å²) in [6.07, 6.45) is 2.32. The van der Waals surface area contributed by atoms with Crippen LogP contribution in [0.5, 0.6) is 0 Å². The average Bonchev–Trinajstić information content (AvgIpc) is 2.74. The number of nitrogens with two attached hydrogens (primary N) is 1. The number of hydrogen-bond acceptors (Lipinski definition) is 2. The van der Waals surface area contributed by atoms with E-state index in [0.29, 0.717) is 0 Å². The van der Waals surface area contributed by atoms with Crippen molar-refractivity contribution in [1.82, 2.24) is 0 Å². The summed E-state index contributed by atoms with van der Waals surface area (Å²) in [5.74, 6) is 0. The van der Waals surface area contributed by atoms with Gasteiger partial charge < -0.3 is 5.73 Å². The number of hydrogen-bond donors (Lipinski definition) is 1. The van der Waals surface area contributed by atoms with Gasteiger partial charge in [-0.2, -0.15) is 0 Å². The molecule has 1 aromatic rings. The average molecular weight is 179 g/mol. The van der Waals surface area contributed by atoms with Crippen LogP contribution in [0.3, 0.4) is 0 Å².